The number of phenols is 1. The van der Waals surface area contributed by atoms with Crippen LogP contribution in [0.3, 0.4) is 0 Å². The molecule has 15 nitrogen and oxygen atoms in total. The van der Waals surface area contributed by atoms with Crippen LogP contribution in [-0.4, -0.2) is 97.2 Å². The molecule has 3 aromatic carbocycles. The number of nitrogens with one attached hydrogen (secondary N) is 2. The Morgan fingerprint density at radius 1 is 0.838 bits per heavy atom. The number of aryl methyl sites for hydroxylation is 1. The number of aliphatic hydroxyl groups excluding tert-OH is 1. The van der Waals surface area contributed by atoms with E-state index in [4.69, 9.17) is 10.5 Å². The quantitative estimate of drug-likeness (QED) is 0.0298. The predicted molar refractivity (Wildman–Crippen MR) is 292 cm³/mol. The van der Waals surface area contributed by atoms with Crippen molar-refractivity contribution < 1.29 is 34.1 Å². The Hall–Kier alpha value is -6.39. The second-order valence-electron chi connectivity index (χ2n) is 20.8. The Morgan fingerprint density at radius 2 is 1.45 bits per heavy atom. The molecule has 6 N–H and O–H groups in total. The molecule has 1 fully saturated rings. The van der Waals surface area contributed by atoms with Crippen molar-refractivity contribution in [2.75, 3.05) is 25.9 Å². The van der Waals surface area contributed by atoms with Gasteiger partial charge < -0.3 is 41.1 Å². The summed E-state index contributed by atoms with van der Waals surface area (Å²) >= 11 is 1.59. The zero-order valence-corrected chi connectivity index (χ0v) is 44.9. The molecular formula is C58H78N8O7S. The van der Waals surface area contributed by atoms with E-state index in [1.54, 1.807) is 40.5 Å². The lowest BCUT2D eigenvalue weighted by Gasteiger charge is -2.35. The number of β-amino-alcohol motifs (C(OH)–C–C–N with tert-alkyl or cyclic N) is 1. The van der Waals surface area contributed by atoms with Gasteiger partial charge in [0, 0.05) is 64.0 Å². The third-order valence-electron chi connectivity index (χ3n) is 13.7. The molecule has 1 aliphatic rings. The number of aromatic nitrogens is 3. The summed E-state index contributed by atoms with van der Waals surface area (Å²) in [5.41, 5.74) is 13.4. The van der Waals surface area contributed by atoms with Crippen molar-refractivity contribution in [3.63, 3.8) is 0 Å². The second-order valence-corrected chi connectivity index (χ2v) is 21.7. The minimum Gasteiger partial charge on any atom is -0.507 e. The van der Waals surface area contributed by atoms with Crippen molar-refractivity contribution >= 4 is 40.8 Å². The van der Waals surface area contributed by atoms with Crippen LogP contribution in [0.1, 0.15) is 139 Å². The van der Waals surface area contributed by atoms with Gasteiger partial charge in [-0.15, -0.1) is 21.5 Å². The Labute approximate surface area is 441 Å². The monoisotopic (exact) mass is 1030 g/mol. The smallest absolute Gasteiger partial charge is 0.246 e. The van der Waals surface area contributed by atoms with Crippen LogP contribution in [0.4, 0.5) is 5.82 Å². The van der Waals surface area contributed by atoms with Gasteiger partial charge in [0.15, 0.2) is 11.6 Å². The van der Waals surface area contributed by atoms with Gasteiger partial charge in [0.1, 0.15) is 23.5 Å². The zero-order chi connectivity index (χ0) is 53.0. The van der Waals surface area contributed by atoms with Crippen LogP contribution < -0.4 is 21.1 Å². The number of nitrogen functional groups attached to an aromatic ring is 1. The lowest BCUT2D eigenvalue weighted by Crippen LogP contribution is -2.57. The Morgan fingerprint density at radius 3 is 2.07 bits per heavy atom. The van der Waals surface area contributed by atoms with E-state index in [1.165, 1.54) is 37.0 Å². The van der Waals surface area contributed by atoms with Crippen LogP contribution in [-0.2, 0) is 38.7 Å². The molecule has 1 aliphatic heterocycles. The van der Waals surface area contributed by atoms with Gasteiger partial charge in [0.25, 0.3) is 0 Å². The average molecular weight is 1030 g/mol. The number of unbranched alkanes of at least 4 members (excludes halogenated alkanes) is 11. The molecule has 0 saturated carbocycles. The van der Waals surface area contributed by atoms with Crippen molar-refractivity contribution in [2.24, 2.45) is 5.41 Å². The highest BCUT2D eigenvalue weighted by atomic mass is 32.1. The van der Waals surface area contributed by atoms with Crippen LogP contribution >= 0.6 is 11.3 Å². The number of aliphatic hydroxyl groups is 1. The first-order valence-electron chi connectivity index (χ1n) is 26.5. The fourth-order valence-corrected chi connectivity index (χ4v) is 10.1. The van der Waals surface area contributed by atoms with Gasteiger partial charge in [-0.05, 0) is 59.6 Å². The van der Waals surface area contributed by atoms with E-state index in [-0.39, 0.29) is 54.7 Å². The van der Waals surface area contributed by atoms with Gasteiger partial charge in [-0.2, -0.15) is 0 Å². The molecule has 0 bridgehead atoms. The molecule has 16 heteroatoms. The number of benzene rings is 3. The van der Waals surface area contributed by atoms with Gasteiger partial charge in [0.2, 0.25) is 23.6 Å². The third kappa shape index (κ3) is 17.4. The second kappa shape index (κ2) is 28.3. The first-order valence-corrected chi connectivity index (χ1v) is 27.4. The number of para-hydroxylation sites is 1. The number of likely N-dealkylation sites (tertiary alicyclic amines) is 1. The first-order chi connectivity index (χ1) is 35.6. The minimum absolute atomic E-state index is 0.0409. The number of aromatic hydroxyl groups is 1. The average Bonchev–Trinajstić information content (AvgIpc) is 4.00. The lowest BCUT2D eigenvalue weighted by molar-refractivity contribution is -0.144. The van der Waals surface area contributed by atoms with E-state index >= 15 is 0 Å². The van der Waals surface area contributed by atoms with E-state index in [9.17, 15) is 29.4 Å². The maximum absolute atomic E-state index is 14.0. The fourth-order valence-electron chi connectivity index (χ4n) is 9.31. The molecule has 2 aromatic heterocycles. The molecule has 3 heterocycles. The van der Waals surface area contributed by atoms with Crippen LogP contribution in [0.2, 0.25) is 0 Å². The highest BCUT2D eigenvalue weighted by Gasteiger charge is 2.44. The molecule has 398 valence electrons. The fraction of sp³-hybridized carbons (Fsp3) is 0.500. The van der Waals surface area contributed by atoms with Crippen molar-refractivity contribution in [1.29, 1.82) is 0 Å². The molecule has 0 radical (unpaired) electrons. The number of nitrogens with zero attached hydrogens (tertiary/aromatic N) is 5. The van der Waals surface area contributed by atoms with Gasteiger partial charge in [-0.25, -0.2) is 4.98 Å². The summed E-state index contributed by atoms with van der Waals surface area (Å²) in [6.45, 7) is 8.96. The minimum atomic E-state index is -0.836. The molecule has 1 saturated heterocycles. The molecule has 74 heavy (non-hydrogen) atoms. The Kier molecular flexibility index (Phi) is 21.8. The summed E-state index contributed by atoms with van der Waals surface area (Å²) < 4.78 is 5.93. The van der Waals surface area contributed by atoms with Gasteiger partial charge in [-0.1, -0.05) is 146 Å². The molecule has 6 rings (SSSR count). The van der Waals surface area contributed by atoms with Crippen molar-refractivity contribution in [2.45, 2.75) is 162 Å². The van der Waals surface area contributed by atoms with E-state index in [0.29, 0.717) is 49.4 Å². The number of ether oxygens (including phenoxy) is 1. The normalized spacial score (nSPS) is 14.9. The van der Waals surface area contributed by atoms with E-state index < -0.39 is 23.6 Å². The van der Waals surface area contributed by atoms with Crippen molar-refractivity contribution in [3.05, 3.63) is 107 Å². The van der Waals surface area contributed by atoms with E-state index in [1.807, 2.05) is 82.7 Å². The molecule has 4 amide bonds. The first kappa shape index (κ1) is 56.9. The van der Waals surface area contributed by atoms with Gasteiger partial charge in [-0.3, -0.25) is 19.2 Å². The number of hydrogen-bond acceptors (Lipinski definition) is 12. The van der Waals surface area contributed by atoms with Crippen LogP contribution in [0.15, 0.2) is 84.4 Å². The zero-order valence-electron chi connectivity index (χ0n) is 44.1. The maximum Gasteiger partial charge on any atom is 0.246 e. The lowest BCUT2D eigenvalue weighted by atomic mass is 9.85. The van der Waals surface area contributed by atoms with Crippen LogP contribution in [0.25, 0.3) is 21.7 Å². The summed E-state index contributed by atoms with van der Waals surface area (Å²) in [6.07, 6.45) is 13.8. The summed E-state index contributed by atoms with van der Waals surface area (Å²) in [5, 5.41) is 34.8. The number of phenolic OH excluding ortho intramolecular Hbond substituents is 1. The summed E-state index contributed by atoms with van der Waals surface area (Å²) in [5.74, 6) is 0.0106. The van der Waals surface area contributed by atoms with E-state index in [0.717, 1.165) is 77.8 Å². The molecule has 0 spiro atoms. The number of nitrogens with two attached hydrogens (primary N) is 1. The molecule has 0 unspecified atom stereocenters. The number of hydrogen-bond donors (Lipinski definition) is 5. The van der Waals surface area contributed by atoms with Gasteiger partial charge >= 0.3 is 0 Å². The van der Waals surface area contributed by atoms with Crippen LogP contribution in [0.5, 0.6) is 11.5 Å². The molecular weight excluding hydrogens is 953 g/mol. The number of rotatable bonds is 28. The number of thiazole rings is 1. The third-order valence-corrected chi connectivity index (χ3v) is 14.7. The number of carbonyl (C=O) groups excluding carboxylic acids is 4. The standard InChI is InChI=1S/C58H78N8O7S/c1-40-53(74-39-61-40)44-30-28-42(29-31-44)36-60-56(71)48-34-45(67)38-66(48)57(72)54(58(2,3)4)62-51(69)22-16-14-12-10-8-6-7-9-11-13-15-17-23-52(70)65(5)37-43-26-24-41(25-27-43)32-33-73-50-35-47(63-64-55(50)59)46-20-18-19-21-49(46)68/h18-21,24-31,35,39,45,48,54,67-68H,6-17,22-23,32-34,36-38H2,1-5H3,(H2,59,64)(H,60,71)(H,62,69)/t45-,48+,54-/m1/s1. The molecule has 0 aliphatic carbocycles. The number of carbonyl (C=O) groups is 4. The SMILES string of the molecule is Cc1ncsc1-c1ccc(CNC(=O)[C@@H]2C[C@@H](O)CN2C(=O)[C@@H](NC(=O)CCCCCCCCCCCCCCC(=O)N(C)Cc2ccc(CCOc3cc(-c4ccccc4O)nnc3N)cc2)C(C)(C)C)cc1. The highest BCUT2D eigenvalue weighted by molar-refractivity contribution is 7.13. The number of anilines is 1. The van der Waals surface area contributed by atoms with Crippen molar-refractivity contribution in [1.82, 2.24) is 35.6 Å². The summed E-state index contributed by atoms with van der Waals surface area (Å²) in [6, 6.07) is 23.1. The Bertz CT molecular complexity index is 2580. The van der Waals surface area contributed by atoms with Crippen LogP contribution in [0, 0.1) is 12.3 Å². The Balaban J connectivity index is 0.769. The van der Waals surface area contributed by atoms with E-state index in [2.05, 4.69) is 37.9 Å². The summed E-state index contributed by atoms with van der Waals surface area (Å²) in [4.78, 5) is 62.2. The van der Waals surface area contributed by atoms with Crippen molar-refractivity contribution in [3.8, 4) is 33.2 Å². The van der Waals surface area contributed by atoms with Gasteiger partial charge in [0.05, 0.1) is 28.8 Å². The molecule has 5 aromatic rings. The topological polar surface area (TPSA) is 213 Å². The largest absolute Gasteiger partial charge is 0.507 e. The summed E-state index contributed by atoms with van der Waals surface area (Å²) in [7, 11) is 1.86. The highest BCUT2D eigenvalue weighted by Crippen LogP contribution is 2.32. The molecule has 3 atom stereocenters. The number of amides is 4. The maximum atomic E-state index is 14.0. The predicted octanol–water partition coefficient (Wildman–Crippen LogP) is 9.71.